The lowest BCUT2D eigenvalue weighted by atomic mass is 10.1. The van der Waals surface area contributed by atoms with Gasteiger partial charge in [0.25, 0.3) is 0 Å². The van der Waals surface area contributed by atoms with E-state index in [1.165, 1.54) is 12.1 Å². The van der Waals surface area contributed by atoms with Crippen LogP contribution >= 0.6 is 23.2 Å². The van der Waals surface area contributed by atoms with Crippen LogP contribution in [0.25, 0.3) is 0 Å². The van der Waals surface area contributed by atoms with Gasteiger partial charge in [-0.3, -0.25) is 9.69 Å². The van der Waals surface area contributed by atoms with Crippen molar-refractivity contribution in [3.05, 3.63) is 69.2 Å². The Morgan fingerprint density at radius 1 is 1.00 bits per heavy atom. The van der Waals surface area contributed by atoms with Crippen molar-refractivity contribution in [3.63, 3.8) is 0 Å². The molecule has 2 heterocycles. The fourth-order valence-electron chi connectivity index (χ4n) is 4.35. The highest BCUT2D eigenvalue weighted by molar-refractivity contribution is 6.36. The van der Waals surface area contributed by atoms with Gasteiger partial charge < -0.3 is 4.90 Å². The number of halogens is 5. The molecular weight excluding hydrogens is 424 g/mol. The van der Waals surface area contributed by atoms with Crippen molar-refractivity contribution < 1.29 is 18.0 Å². The molecule has 2 aromatic carbocycles. The summed E-state index contributed by atoms with van der Waals surface area (Å²) in [5.41, 5.74) is 0.671. The minimum atomic E-state index is -4.36. The Kier molecular flexibility index (Phi) is 5.53. The van der Waals surface area contributed by atoms with E-state index in [0.29, 0.717) is 35.1 Å². The van der Waals surface area contributed by atoms with Crippen molar-refractivity contribution in [2.75, 3.05) is 6.54 Å². The number of carbonyl (C=O) groups is 1. The van der Waals surface area contributed by atoms with Gasteiger partial charge in [-0.15, -0.1) is 0 Å². The second-order valence-corrected chi connectivity index (χ2v) is 8.33. The molecule has 2 aliphatic heterocycles. The molecule has 154 valence electrons. The monoisotopic (exact) mass is 442 g/mol. The van der Waals surface area contributed by atoms with Crippen molar-refractivity contribution in [1.82, 2.24) is 9.80 Å². The summed E-state index contributed by atoms with van der Waals surface area (Å²) in [6.07, 6.45) is -3.24. The zero-order valence-electron chi connectivity index (χ0n) is 15.4. The highest BCUT2D eigenvalue weighted by Crippen LogP contribution is 2.37. The summed E-state index contributed by atoms with van der Waals surface area (Å²) in [6.45, 7) is 1.46. The van der Waals surface area contributed by atoms with Crippen LogP contribution in [0, 0.1) is 0 Å². The van der Waals surface area contributed by atoms with Gasteiger partial charge in [-0.2, -0.15) is 13.2 Å². The van der Waals surface area contributed by atoms with E-state index in [4.69, 9.17) is 23.2 Å². The van der Waals surface area contributed by atoms with E-state index in [1.807, 2.05) is 4.90 Å². The summed E-state index contributed by atoms with van der Waals surface area (Å²) >= 11 is 12.5. The van der Waals surface area contributed by atoms with Gasteiger partial charge in [-0.05, 0) is 30.2 Å². The lowest BCUT2D eigenvalue weighted by Gasteiger charge is -2.26. The molecule has 2 atom stereocenters. The maximum Gasteiger partial charge on any atom is 0.416 e. The van der Waals surface area contributed by atoms with Gasteiger partial charge in [0.1, 0.15) is 0 Å². The molecule has 0 aromatic heterocycles. The molecule has 2 aliphatic rings. The first-order chi connectivity index (χ1) is 13.7. The van der Waals surface area contributed by atoms with E-state index >= 15 is 0 Å². The Morgan fingerprint density at radius 3 is 2.38 bits per heavy atom. The number of carbonyl (C=O) groups excluding carboxylic acids is 1. The first kappa shape index (κ1) is 20.5. The summed E-state index contributed by atoms with van der Waals surface area (Å²) in [4.78, 5) is 16.6. The smallest absolute Gasteiger partial charge is 0.334 e. The minimum absolute atomic E-state index is 0.0145. The number of benzene rings is 2. The largest absolute Gasteiger partial charge is 0.416 e. The standard InChI is InChI=1S/C21H19Cl2F3N2O/c22-16-5-2-6-17(23)15(16)12-28-18-7-8-27(19(18)10-20(28)29)11-13-3-1-4-14(9-13)21(24,25)26/h1-6,9,18-19H,7-8,10-12H2/t18-,19-/m0/s1. The van der Waals surface area contributed by atoms with Gasteiger partial charge in [-0.1, -0.05) is 47.5 Å². The van der Waals surface area contributed by atoms with Crippen LogP contribution in [-0.4, -0.2) is 34.3 Å². The maximum atomic E-state index is 13.0. The number of hydrogen-bond acceptors (Lipinski definition) is 2. The van der Waals surface area contributed by atoms with E-state index < -0.39 is 11.7 Å². The van der Waals surface area contributed by atoms with Gasteiger partial charge in [-0.25, -0.2) is 0 Å². The van der Waals surface area contributed by atoms with Crippen LogP contribution in [0.4, 0.5) is 13.2 Å². The molecule has 0 unspecified atom stereocenters. The molecule has 2 fully saturated rings. The molecule has 0 radical (unpaired) electrons. The Morgan fingerprint density at radius 2 is 1.69 bits per heavy atom. The molecule has 2 saturated heterocycles. The van der Waals surface area contributed by atoms with Crippen LogP contribution in [0.15, 0.2) is 42.5 Å². The molecule has 0 N–H and O–H groups in total. The fourth-order valence-corrected chi connectivity index (χ4v) is 4.86. The molecule has 1 amide bonds. The maximum absolute atomic E-state index is 13.0. The second kappa shape index (κ2) is 7.82. The van der Waals surface area contributed by atoms with Crippen LogP contribution in [0.5, 0.6) is 0 Å². The number of fused-ring (bicyclic) bond motifs is 1. The Balaban J connectivity index is 1.49. The third-order valence-electron chi connectivity index (χ3n) is 5.76. The van der Waals surface area contributed by atoms with Crippen LogP contribution in [0.1, 0.15) is 29.5 Å². The van der Waals surface area contributed by atoms with Crippen molar-refractivity contribution in [1.29, 1.82) is 0 Å². The molecule has 3 nitrogen and oxygen atoms in total. The lowest BCUT2D eigenvalue weighted by Crippen LogP contribution is -2.36. The summed E-state index contributed by atoms with van der Waals surface area (Å²) in [6, 6.07) is 10.6. The average Bonchev–Trinajstić information content (AvgIpc) is 3.17. The van der Waals surface area contributed by atoms with E-state index in [-0.39, 0.29) is 18.0 Å². The van der Waals surface area contributed by atoms with Crippen LogP contribution < -0.4 is 0 Å². The van der Waals surface area contributed by atoms with E-state index in [2.05, 4.69) is 4.90 Å². The first-order valence-electron chi connectivity index (χ1n) is 9.36. The predicted molar refractivity (Wildman–Crippen MR) is 106 cm³/mol. The molecule has 0 saturated carbocycles. The fraction of sp³-hybridized carbons (Fsp3) is 0.381. The van der Waals surface area contributed by atoms with Gasteiger partial charge in [0, 0.05) is 53.7 Å². The van der Waals surface area contributed by atoms with Gasteiger partial charge in [0.2, 0.25) is 5.91 Å². The van der Waals surface area contributed by atoms with Gasteiger partial charge in [0.05, 0.1) is 5.56 Å². The highest BCUT2D eigenvalue weighted by atomic mass is 35.5. The zero-order chi connectivity index (χ0) is 20.8. The molecule has 2 aromatic rings. The quantitative estimate of drug-likeness (QED) is 0.633. The predicted octanol–water partition coefficient (Wildman–Crippen LogP) is 5.39. The number of rotatable bonds is 4. The van der Waals surface area contributed by atoms with Crippen molar-refractivity contribution in [2.24, 2.45) is 0 Å². The number of amides is 1. The Bertz CT molecular complexity index is 914. The van der Waals surface area contributed by atoms with Crippen LogP contribution in [0.2, 0.25) is 10.0 Å². The number of hydrogen-bond donors (Lipinski definition) is 0. The summed E-state index contributed by atoms with van der Waals surface area (Å²) in [7, 11) is 0. The van der Waals surface area contributed by atoms with E-state index in [9.17, 15) is 18.0 Å². The third kappa shape index (κ3) is 4.11. The zero-order valence-corrected chi connectivity index (χ0v) is 16.9. The molecule has 0 bridgehead atoms. The number of nitrogens with zero attached hydrogens (tertiary/aromatic N) is 2. The van der Waals surface area contributed by atoms with E-state index in [0.717, 1.165) is 24.6 Å². The number of likely N-dealkylation sites (tertiary alicyclic amines) is 2. The molecule has 0 aliphatic carbocycles. The SMILES string of the molecule is O=C1C[C@H]2[C@H](CCN2Cc2cccc(C(F)(F)F)c2)N1Cc1c(Cl)cccc1Cl. The van der Waals surface area contributed by atoms with Crippen LogP contribution in [-0.2, 0) is 24.1 Å². The topological polar surface area (TPSA) is 23.6 Å². The van der Waals surface area contributed by atoms with Crippen molar-refractivity contribution in [2.45, 2.75) is 44.2 Å². The molecule has 4 rings (SSSR count). The Hall–Kier alpha value is -1.76. The summed E-state index contributed by atoms with van der Waals surface area (Å²) in [5.74, 6) is 0.0183. The van der Waals surface area contributed by atoms with Crippen LogP contribution in [0.3, 0.4) is 0 Å². The summed E-state index contributed by atoms with van der Waals surface area (Å²) in [5, 5.41) is 1.04. The summed E-state index contributed by atoms with van der Waals surface area (Å²) < 4.78 is 39.0. The van der Waals surface area contributed by atoms with Gasteiger partial charge >= 0.3 is 6.18 Å². The van der Waals surface area contributed by atoms with Gasteiger partial charge in [0.15, 0.2) is 0 Å². The molecular formula is C21H19Cl2F3N2O. The lowest BCUT2D eigenvalue weighted by molar-refractivity contribution is -0.137. The normalized spacial score (nSPS) is 22.4. The molecule has 0 spiro atoms. The highest BCUT2D eigenvalue weighted by Gasteiger charge is 2.46. The van der Waals surface area contributed by atoms with Crippen molar-refractivity contribution >= 4 is 29.1 Å². The average molecular weight is 443 g/mol. The molecule has 8 heteroatoms. The van der Waals surface area contributed by atoms with E-state index in [1.54, 1.807) is 24.3 Å². The minimum Gasteiger partial charge on any atom is -0.334 e. The molecule has 29 heavy (non-hydrogen) atoms. The van der Waals surface area contributed by atoms with Crippen molar-refractivity contribution in [3.8, 4) is 0 Å². The second-order valence-electron chi connectivity index (χ2n) is 7.52. The third-order valence-corrected chi connectivity index (χ3v) is 6.47. The number of alkyl halides is 3. The first-order valence-corrected chi connectivity index (χ1v) is 10.1. The Labute approximate surface area is 177 Å².